The minimum atomic E-state index is -0.401. The number of ether oxygens (including phenoxy) is 1. The summed E-state index contributed by atoms with van der Waals surface area (Å²) in [6.07, 6.45) is 3.44. The van der Waals surface area contributed by atoms with E-state index >= 15 is 0 Å². The fourth-order valence-corrected chi connectivity index (χ4v) is 3.62. The highest BCUT2D eigenvalue weighted by Gasteiger charge is 2.47. The Morgan fingerprint density at radius 1 is 1.35 bits per heavy atom. The van der Waals surface area contributed by atoms with E-state index in [0.717, 1.165) is 23.6 Å². The Bertz CT molecular complexity index is 300. The Hall–Kier alpha value is -0.250. The van der Waals surface area contributed by atoms with Gasteiger partial charge in [-0.1, -0.05) is 15.9 Å². The standard InChI is InChI=1S/C13H22BrNO2/c1-13(2,3)17-12(16)15-11-6-9-4-8(7-14)5-10(9)11/h8-11H,4-7H2,1-3H3,(H,15,16). The van der Waals surface area contributed by atoms with Crippen LogP contribution < -0.4 is 5.32 Å². The van der Waals surface area contributed by atoms with Crippen LogP contribution in [0.15, 0.2) is 0 Å². The second-order valence-corrected chi connectivity index (χ2v) is 7.05. The minimum Gasteiger partial charge on any atom is -0.444 e. The van der Waals surface area contributed by atoms with Crippen LogP contribution in [0.1, 0.15) is 40.0 Å². The maximum Gasteiger partial charge on any atom is 0.407 e. The summed E-state index contributed by atoms with van der Waals surface area (Å²) >= 11 is 3.56. The molecular weight excluding hydrogens is 282 g/mol. The molecular formula is C13H22BrNO2. The van der Waals surface area contributed by atoms with Crippen molar-refractivity contribution in [1.29, 1.82) is 0 Å². The topological polar surface area (TPSA) is 38.3 Å². The van der Waals surface area contributed by atoms with Gasteiger partial charge in [-0.2, -0.15) is 0 Å². The van der Waals surface area contributed by atoms with Crippen molar-refractivity contribution in [2.75, 3.05) is 5.33 Å². The molecule has 0 saturated heterocycles. The van der Waals surface area contributed by atoms with Gasteiger partial charge < -0.3 is 10.1 Å². The quantitative estimate of drug-likeness (QED) is 0.795. The van der Waals surface area contributed by atoms with Crippen molar-refractivity contribution in [3.05, 3.63) is 0 Å². The number of nitrogens with one attached hydrogen (secondary N) is 1. The maximum absolute atomic E-state index is 11.7. The van der Waals surface area contributed by atoms with E-state index in [2.05, 4.69) is 21.2 Å². The molecule has 2 saturated carbocycles. The van der Waals surface area contributed by atoms with Crippen LogP contribution in [-0.2, 0) is 4.74 Å². The van der Waals surface area contributed by atoms with E-state index < -0.39 is 5.60 Å². The molecule has 1 amide bonds. The van der Waals surface area contributed by atoms with E-state index in [-0.39, 0.29) is 6.09 Å². The molecule has 2 rings (SSSR count). The predicted molar refractivity (Wildman–Crippen MR) is 71.3 cm³/mol. The number of halogens is 1. The average molecular weight is 304 g/mol. The third-order valence-corrected chi connectivity index (χ3v) is 4.76. The summed E-state index contributed by atoms with van der Waals surface area (Å²) in [6, 6.07) is 0.346. The fraction of sp³-hybridized carbons (Fsp3) is 0.923. The van der Waals surface area contributed by atoms with E-state index in [1.165, 1.54) is 12.8 Å². The third kappa shape index (κ3) is 3.15. The molecule has 4 unspecified atom stereocenters. The second-order valence-electron chi connectivity index (χ2n) is 6.40. The minimum absolute atomic E-state index is 0.261. The third-order valence-electron chi connectivity index (χ3n) is 3.84. The van der Waals surface area contributed by atoms with Crippen molar-refractivity contribution in [3.8, 4) is 0 Å². The molecule has 1 N–H and O–H groups in total. The molecule has 17 heavy (non-hydrogen) atoms. The summed E-state index contributed by atoms with van der Waals surface area (Å²) in [5, 5.41) is 4.11. The number of fused-ring (bicyclic) bond motifs is 1. The van der Waals surface area contributed by atoms with E-state index in [1.807, 2.05) is 20.8 Å². The van der Waals surface area contributed by atoms with Gasteiger partial charge in [-0.05, 0) is 57.8 Å². The molecule has 2 fully saturated rings. The monoisotopic (exact) mass is 303 g/mol. The number of carbonyl (C=O) groups is 1. The molecule has 4 heteroatoms. The van der Waals surface area contributed by atoms with Crippen LogP contribution in [0.2, 0.25) is 0 Å². The predicted octanol–water partition coefficient (Wildman–Crippen LogP) is 3.32. The van der Waals surface area contributed by atoms with Crippen molar-refractivity contribution in [2.24, 2.45) is 17.8 Å². The van der Waals surface area contributed by atoms with Gasteiger partial charge in [0.2, 0.25) is 0 Å². The Morgan fingerprint density at radius 3 is 2.65 bits per heavy atom. The molecule has 2 aliphatic rings. The van der Waals surface area contributed by atoms with E-state index in [0.29, 0.717) is 12.0 Å². The number of alkyl carbamates (subject to hydrolysis) is 1. The largest absolute Gasteiger partial charge is 0.444 e. The maximum atomic E-state index is 11.7. The summed E-state index contributed by atoms with van der Waals surface area (Å²) in [5.41, 5.74) is -0.401. The van der Waals surface area contributed by atoms with Gasteiger partial charge in [0.05, 0.1) is 0 Å². The van der Waals surface area contributed by atoms with E-state index in [4.69, 9.17) is 4.74 Å². The Balaban J connectivity index is 1.77. The SMILES string of the molecule is CC(C)(C)OC(=O)NC1CC2CC(CBr)CC21. The molecule has 0 aromatic carbocycles. The van der Waals surface area contributed by atoms with E-state index in [1.54, 1.807) is 0 Å². The van der Waals surface area contributed by atoms with Gasteiger partial charge in [0, 0.05) is 11.4 Å². The van der Waals surface area contributed by atoms with Gasteiger partial charge in [0.15, 0.2) is 0 Å². The summed E-state index contributed by atoms with van der Waals surface area (Å²) in [4.78, 5) is 11.7. The van der Waals surface area contributed by atoms with Crippen molar-refractivity contribution in [1.82, 2.24) is 5.32 Å². The molecule has 0 aromatic heterocycles. The number of hydrogen-bond donors (Lipinski definition) is 1. The van der Waals surface area contributed by atoms with Crippen LogP contribution in [0.5, 0.6) is 0 Å². The Labute approximate surface area is 112 Å². The van der Waals surface area contributed by atoms with Crippen molar-refractivity contribution >= 4 is 22.0 Å². The Morgan fingerprint density at radius 2 is 2.06 bits per heavy atom. The van der Waals surface area contributed by atoms with E-state index in [9.17, 15) is 4.79 Å². The number of alkyl halides is 1. The van der Waals surface area contributed by atoms with Crippen molar-refractivity contribution < 1.29 is 9.53 Å². The van der Waals surface area contributed by atoms with Gasteiger partial charge in [-0.3, -0.25) is 0 Å². The number of hydrogen-bond acceptors (Lipinski definition) is 2. The smallest absolute Gasteiger partial charge is 0.407 e. The van der Waals surface area contributed by atoms with Crippen molar-refractivity contribution in [3.63, 3.8) is 0 Å². The van der Waals surface area contributed by atoms with Crippen LogP contribution in [0.3, 0.4) is 0 Å². The summed E-state index contributed by atoms with van der Waals surface area (Å²) in [6.45, 7) is 5.69. The van der Waals surface area contributed by atoms with Crippen LogP contribution in [0, 0.1) is 17.8 Å². The number of rotatable bonds is 2. The normalized spacial score (nSPS) is 36.0. The fourth-order valence-electron chi connectivity index (χ4n) is 3.10. The first kappa shape index (κ1) is 13.2. The van der Waals surface area contributed by atoms with Crippen LogP contribution in [-0.4, -0.2) is 23.1 Å². The molecule has 0 aliphatic heterocycles. The lowest BCUT2D eigenvalue weighted by molar-refractivity contribution is 0.0385. The zero-order valence-corrected chi connectivity index (χ0v) is 12.4. The lowest BCUT2D eigenvalue weighted by Crippen LogP contribution is -2.51. The van der Waals surface area contributed by atoms with Gasteiger partial charge in [0.25, 0.3) is 0 Å². The lowest BCUT2D eigenvalue weighted by Gasteiger charge is -2.40. The van der Waals surface area contributed by atoms with Crippen LogP contribution in [0.4, 0.5) is 4.79 Å². The molecule has 2 aliphatic carbocycles. The zero-order chi connectivity index (χ0) is 12.6. The van der Waals surface area contributed by atoms with Crippen LogP contribution in [0.25, 0.3) is 0 Å². The first-order valence-corrected chi connectivity index (χ1v) is 7.56. The molecule has 0 aromatic rings. The first-order valence-electron chi connectivity index (χ1n) is 6.44. The summed E-state index contributed by atoms with van der Waals surface area (Å²) in [7, 11) is 0. The Kier molecular flexibility index (Phi) is 3.71. The summed E-state index contributed by atoms with van der Waals surface area (Å²) < 4.78 is 5.29. The number of amides is 1. The van der Waals surface area contributed by atoms with Gasteiger partial charge in [-0.15, -0.1) is 0 Å². The highest BCUT2D eigenvalue weighted by Crippen LogP contribution is 2.50. The van der Waals surface area contributed by atoms with Gasteiger partial charge in [0.1, 0.15) is 5.60 Å². The molecule has 0 bridgehead atoms. The highest BCUT2D eigenvalue weighted by molar-refractivity contribution is 9.09. The molecule has 0 radical (unpaired) electrons. The lowest BCUT2D eigenvalue weighted by atomic mass is 9.71. The van der Waals surface area contributed by atoms with Gasteiger partial charge in [-0.25, -0.2) is 4.79 Å². The molecule has 98 valence electrons. The first-order chi connectivity index (χ1) is 7.89. The number of carbonyl (C=O) groups excluding carboxylic acids is 1. The molecule has 0 heterocycles. The summed E-state index contributed by atoms with van der Waals surface area (Å²) in [5.74, 6) is 2.32. The second kappa shape index (κ2) is 4.79. The van der Waals surface area contributed by atoms with Gasteiger partial charge >= 0.3 is 6.09 Å². The van der Waals surface area contributed by atoms with Crippen molar-refractivity contribution in [2.45, 2.75) is 51.7 Å². The highest BCUT2D eigenvalue weighted by atomic mass is 79.9. The molecule has 3 nitrogen and oxygen atoms in total. The zero-order valence-electron chi connectivity index (χ0n) is 10.8. The van der Waals surface area contributed by atoms with Crippen LogP contribution >= 0.6 is 15.9 Å². The molecule has 4 atom stereocenters. The molecule has 0 spiro atoms. The average Bonchev–Trinajstić information content (AvgIpc) is 2.49.